The lowest BCUT2D eigenvalue weighted by molar-refractivity contribution is 0.103. The van der Waals surface area contributed by atoms with Gasteiger partial charge in [0.1, 0.15) is 18.1 Å². The highest BCUT2D eigenvalue weighted by molar-refractivity contribution is 6.14. The number of ketones is 1. The van der Waals surface area contributed by atoms with Crippen molar-refractivity contribution in [1.82, 2.24) is 10.2 Å². The van der Waals surface area contributed by atoms with E-state index in [9.17, 15) is 4.79 Å². The van der Waals surface area contributed by atoms with Crippen LogP contribution in [0.4, 0.5) is 5.69 Å². The van der Waals surface area contributed by atoms with Crippen molar-refractivity contribution >= 4 is 17.2 Å². The Balaban J connectivity index is 1.84. The van der Waals surface area contributed by atoms with Gasteiger partial charge < -0.3 is 9.64 Å². The molecule has 2 aromatic rings. The molecule has 128 valence electrons. The summed E-state index contributed by atoms with van der Waals surface area (Å²) in [6.07, 6.45) is 11.0. The molecule has 0 atom stereocenters. The number of carbonyl (C=O) groups is 1. The lowest BCUT2D eigenvalue weighted by Gasteiger charge is -2.31. The maximum Gasteiger partial charge on any atom is 0.213 e. The van der Waals surface area contributed by atoms with E-state index >= 15 is 0 Å². The van der Waals surface area contributed by atoms with E-state index in [4.69, 9.17) is 4.74 Å². The van der Waals surface area contributed by atoms with E-state index in [-0.39, 0.29) is 5.78 Å². The Labute approximate surface area is 147 Å². The number of hydrogen-bond acceptors (Lipinski definition) is 4. The summed E-state index contributed by atoms with van der Waals surface area (Å²) in [6, 6.07) is 7.72. The van der Waals surface area contributed by atoms with Crippen LogP contribution < -0.4 is 4.90 Å². The van der Waals surface area contributed by atoms with Gasteiger partial charge in [-0.05, 0) is 43.5 Å². The molecule has 4 rings (SSSR count). The minimum absolute atomic E-state index is 0.0484. The Morgan fingerprint density at radius 3 is 2.76 bits per heavy atom. The molecule has 0 spiro atoms. The maximum absolute atomic E-state index is 13.2. The molecule has 0 saturated carbocycles. The fourth-order valence-electron chi connectivity index (χ4n) is 3.46. The second-order valence-corrected chi connectivity index (χ2v) is 6.32. The van der Waals surface area contributed by atoms with Gasteiger partial charge in [0.15, 0.2) is 0 Å². The molecule has 1 aromatic heterocycles. The summed E-state index contributed by atoms with van der Waals surface area (Å²) in [5.74, 6) is 0.692. The van der Waals surface area contributed by atoms with Gasteiger partial charge in [0.25, 0.3) is 0 Å². The van der Waals surface area contributed by atoms with Crippen molar-refractivity contribution in [2.24, 2.45) is 0 Å². The number of benzene rings is 1. The number of anilines is 1. The first-order chi connectivity index (χ1) is 12.3. The zero-order chi connectivity index (χ0) is 17.1. The standard InChI is InChI=1S/C20H21N3O2/c24-20(16-10-11-21-22-16)19-15(18-9-2-5-14-25-18)7-6-8-17(19)23-12-3-1-4-13-23/h2,5-11H,1,3-4,12-14H2,(H,21,22). The third-order valence-electron chi connectivity index (χ3n) is 4.70. The number of aromatic nitrogens is 2. The van der Waals surface area contributed by atoms with E-state index in [0.717, 1.165) is 42.9 Å². The molecule has 1 aromatic carbocycles. The number of allylic oxidation sites excluding steroid dienone is 2. The van der Waals surface area contributed by atoms with Gasteiger partial charge in [-0.15, -0.1) is 0 Å². The number of nitrogens with zero attached hydrogens (tertiary/aromatic N) is 2. The molecule has 1 N–H and O–H groups in total. The van der Waals surface area contributed by atoms with Gasteiger partial charge in [-0.25, -0.2) is 0 Å². The average Bonchev–Trinajstić information content (AvgIpc) is 3.23. The van der Waals surface area contributed by atoms with E-state index in [1.165, 1.54) is 6.42 Å². The Hall–Kier alpha value is -2.82. The van der Waals surface area contributed by atoms with Crippen molar-refractivity contribution in [1.29, 1.82) is 0 Å². The minimum Gasteiger partial charge on any atom is -0.489 e. The van der Waals surface area contributed by atoms with Crippen molar-refractivity contribution in [3.8, 4) is 0 Å². The summed E-state index contributed by atoms with van der Waals surface area (Å²) in [5.41, 5.74) is 3.01. The molecule has 1 fully saturated rings. The molecule has 5 heteroatoms. The van der Waals surface area contributed by atoms with Gasteiger partial charge in [-0.2, -0.15) is 5.10 Å². The summed E-state index contributed by atoms with van der Waals surface area (Å²) in [6.45, 7) is 2.48. The highest BCUT2D eigenvalue weighted by Crippen LogP contribution is 2.33. The molecule has 25 heavy (non-hydrogen) atoms. The predicted molar refractivity (Wildman–Crippen MR) is 97.6 cm³/mol. The van der Waals surface area contributed by atoms with E-state index in [1.807, 2.05) is 36.4 Å². The molecular formula is C20H21N3O2. The third kappa shape index (κ3) is 3.09. The number of nitrogens with one attached hydrogen (secondary N) is 1. The van der Waals surface area contributed by atoms with Crippen LogP contribution >= 0.6 is 0 Å². The summed E-state index contributed by atoms with van der Waals surface area (Å²) in [7, 11) is 0. The normalized spacial score (nSPS) is 17.1. The summed E-state index contributed by atoms with van der Waals surface area (Å²) in [4.78, 5) is 15.6. The van der Waals surface area contributed by atoms with Crippen molar-refractivity contribution in [3.63, 3.8) is 0 Å². The van der Waals surface area contributed by atoms with Gasteiger partial charge in [-0.1, -0.05) is 18.2 Å². The summed E-state index contributed by atoms with van der Waals surface area (Å²) in [5, 5.41) is 6.74. The van der Waals surface area contributed by atoms with Gasteiger partial charge >= 0.3 is 0 Å². The monoisotopic (exact) mass is 335 g/mol. The fourth-order valence-corrected chi connectivity index (χ4v) is 3.46. The van der Waals surface area contributed by atoms with Gasteiger partial charge in [0, 0.05) is 30.5 Å². The quantitative estimate of drug-likeness (QED) is 0.868. The van der Waals surface area contributed by atoms with Crippen LogP contribution in [-0.2, 0) is 4.74 Å². The lowest BCUT2D eigenvalue weighted by atomic mass is 9.95. The number of H-pyrrole nitrogens is 1. The SMILES string of the molecule is O=C(c1ccn[nH]1)c1c(C2=CC=CCO2)cccc1N1CCCCC1. The highest BCUT2D eigenvalue weighted by Gasteiger charge is 2.25. The Bertz CT molecular complexity index is 815. The molecule has 0 amide bonds. The molecule has 0 bridgehead atoms. The molecule has 0 aliphatic carbocycles. The van der Waals surface area contributed by atoms with E-state index < -0.39 is 0 Å². The molecule has 0 radical (unpaired) electrons. The zero-order valence-corrected chi connectivity index (χ0v) is 14.1. The number of aromatic amines is 1. The van der Waals surface area contributed by atoms with E-state index in [2.05, 4.69) is 15.1 Å². The van der Waals surface area contributed by atoms with Gasteiger partial charge in [0.2, 0.25) is 5.78 Å². The van der Waals surface area contributed by atoms with Crippen molar-refractivity contribution in [2.45, 2.75) is 19.3 Å². The van der Waals surface area contributed by atoms with Crippen LogP contribution in [0.1, 0.15) is 40.9 Å². The van der Waals surface area contributed by atoms with Crippen molar-refractivity contribution in [2.75, 3.05) is 24.6 Å². The van der Waals surface area contributed by atoms with Crippen LogP contribution in [0.5, 0.6) is 0 Å². The van der Waals surface area contributed by atoms with E-state index in [1.54, 1.807) is 12.3 Å². The van der Waals surface area contributed by atoms with Gasteiger partial charge in [0.05, 0.1) is 5.56 Å². The van der Waals surface area contributed by atoms with Gasteiger partial charge in [-0.3, -0.25) is 9.89 Å². The first-order valence-corrected chi connectivity index (χ1v) is 8.76. The molecule has 2 aliphatic heterocycles. The first-order valence-electron chi connectivity index (χ1n) is 8.76. The zero-order valence-electron chi connectivity index (χ0n) is 14.1. The minimum atomic E-state index is -0.0484. The number of hydrogen-bond donors (Lipinski definition) is 1. The summed E-state index contributed by atoms with van der Waals surface area (Å²) >= 11 is 0. The fraction of sp³-hybridized carbons (Fsp3) is 0.300. The van der Waals surface area contributed by atoms with Crippen LogP contribution in [0.25, 0.3) is 5.76 Å². The topological polar surface area (TPSA) is 58.2 Å². The lowest BCUT2D eigenvalue weighted by Crippen LogP contribution is -2.31. The Morgan fingerprint density at radius 1 is 1.16 bits per heavy atom. The highest BCUT2D eigenvalue weighted by atomic mass is 16.5. The number of piperidine rings is 1. The Morgan fingerprint density at radius 2 is 2.04 bits per heavy atom. The second-order valence-electron chi connectivity index (χ2n) is 6.32. The number of carbonyl (C=O) groups excluding carboxylic acids is 1. The average molecular weight is 335 g/mol. The molecule has 3 heterocycles. The molecule has 0 unspecified atom stereocenters. The molecule has 5 nitrogen and oxygen atoms in total. The first kappa shape index (κ1) is 15.7. The van der Waals surface area contributed by atoms with Crippen LogP contribution in [0.3, 0.4) is 0 Å². The summed E-state index contributed by atoms with van der Waals surface area (Å²) < 4.78 is 5.79. The van der Waals surface area contributed by atoms with Crippen LogP contribution in [-0.4, -0.2) is 35.7 Å². The number of ether oxygens (including phenoxy) is 1. The smallest absolute Gasteiger partial charge is 0.213 e. The van der Waals surface area contributed by atoms with Crippen LogP contribution in [0.2, 0.25) is 0 Å². The number of rotatable bonds is 4. The second kappa shape index (κ2) is 6.97. The predicted octanol–water partition coefficient (Wildman–Crippen LogP) is 3.56. The molecular weight excluding hydrogens is 314 g/mol. The van der Waals surface area contributed by atoms with Crippen LogP contribution in [0, 0.1) is 0 Å². The molecule has 1 saturated heterocycles. The largest absolute Gasteiger partial charge is 0.489 e. The maximum atomic E-state index is 13.2. The van der Waals surface area contributed by atoms with E-state index in [0.29, 0.717) is 17.9 Å². The molecule has 2 aliphatic rings. The Kier molecular flexibility index (Phi) is 4.37. The van der Waals surface area contributed by atoms with Crippen LogP contribution in [0.15, 0.2) is 48.7 Å². The third-order valence-corrected chi connectivity index (χ3v) is 4.70. The van der Waals surface area contributed by atoms with Crippen molar-refractivity contribution in [3.05, 3.63) is 65.5 Å². The van der Waals surface area contributed by atoms with Crippen molar-refractivity contribution < 1.29 is 9.53 Å².